The number of carboxylic acid groups (broad SMARTS) is 1. The molecule has 2 saturated heterocycles. The number of rotatable bonds is 17. The van der Waals surface area contributed by atoms with E-state index in [9.17, 15) is 57.8 Å². The summed E-state index contributed by atoms with van der Waals surface area (Å²) >= 11 is 0. The van der Waals surface area contributed by atoms with Crippen LogP contribution in [0.5, 0.6) is 5.75 Å². The molecule has 1 aromatic rings. The van der Waals surface area contributed by atoms with Crippen molar-refractivity contribution in [3.63, 3.8) is 0 Å². The number of carboxylic acids is 1. The van der Waals surface area contributed by atoms with E-state index in [1.165, 1.54) is 68.0 Å². The van der Waals surface area contributed by atoms with Gasteiger partial charge in [0.2, 0.25) is 47.3 Å². The Labute approximate surface area is 528 Å². The van der Waals surface area contributed by atoms with E-state index in [0.717, 1.165) is 27.5 Å². The van der Waals surface area contributed by atoms with Crippen molar-refractivity contribution in [2.45, 2.75) is 209 Å². The number of fused-ring (bicyclic) bond motifs is 1. The number of carbonyl (C=O) groups is 11. The maximum absolute atomic E-state index is 15.0. The minimum atomic E-state index is -1.70. The van der Waals surface area contributed by atoms with Gasteiger partial charge in [-0.1, -0.05) is 111 Å². The molecule has 0 bridgehead atoms. The van der Waals surface area contributed by atoms with Gasteiger partial charge in [0, 0.05) is 48.2 Å². The van der Waals surface area contributed by atoms with E-state index in [2.05, 4.69) is 35.9 Å². The van der Waals surface area contributed by atoms with Crippen molar-refractivity contribution in [3.8, 4) is 5.75 Å². The minimum absolute atomic E-state index is 0.100. The van der Waals surface area contributed by atoms with E-state index >= 15 is 0 Å². The molecule has 23 heteroatoms. The number of aliphatic carboxylic acids is 1. The molecule has 89 heavy (non-hydrogen) atoms. The first-order valence-electron chi connectivity index (χ1n) is 31.6. The van der Waals surface area contributed by atoms with Crippen LogP contribution in [0.4, 0.5) is 0 Å². The van der Waals surface area contributed by atoms with E-state index < -0.39 is 162 Å². The molecular formula is C66H105N9O14. The van der Waals surface area contributed by atoms with Crippen molar-refractivity contribution in [1.82, 2.24) is 45.3 Å². The van der Waals surface area contributed by atoms with Crippen molar-refractivity contribution < 1.29 is 67.3 Å². The molecule has 23 nitrogen and oxygen atoms in total. The molecule has 11 atom stereocenters. The molecule has 4 N–H and O–H groups in total. The van der Waals surface area contributed by atoms with E-state index in [1.54, 1.807) is 86.6 Å². The number of allylic oxidation sites excluding steroid dienone is 3. The number of amides is 9. The van der Waals surface area contributed by atoms with Gasteiger partial charge in [0.1, 0.15) is 60.7 Å². The summed E-state index contributed by atoms with van der Waals surface area (Å²) in [5.74, 6) is -11.4. The third-order valence-electron chi connectivity index (χ3n) is 17.4. The zero-order valence-electron chi connectivity index (χ0n) is 56.5. The molecule has 2 aliphatic heterocycles. The number of hydrogen-bond acceptors (Lipinski definition) is 13. The van der Waals surface area contributed by atoms with Crippen molar-refractivity contribution >= 4 is 65.1 Å². The fourth-order valence-corrected chi connectivity index (χ4v) is 11.6. The van der Waals surface area contributed by atoms with Gasteiger partial charge in [-0.3, -0.25) is 47.9 Å². The van der Waals surface area contributed by atoms with Crippen LogP contribution in [0.2, 0.25) is 0 Å². The second-order valence-corrected chi connectivity index (χ2v) is 25.6. The molecule has 0 aliphatic carbocycles. The highest BCUT2D eigenvalue weighted by atomic mass is 16.5. The second kappa shape index (κ2) is 35.2. The maximum atomic E-state index is 15.0. The Morgan fingerprint density at radius 1 is 0.652 bits per heavy atom. The molecule has 2 heterocycles. The summed E-state index contributed by atoms with van der Waals surface area (Å²) in [7, 11) is 6.77. The number of esters is 1. The van der Waals surface area contributed by atoms with Gasteiger partial charge in [-0.25, -0.2) is 4.79 Å². The third kappa shape index (κ3) is 20.9. The average molecular weight is 1250 g/mol. The molecule has 0 unspecified atom stereocenters. The van der Waals surface area contributed by atoms with Crippen molar-refractivity contribution in [2.75, 3.05) is 54.9 Å². The van der Waals surface area contributed by atoms with Crippen LogP contribution in [-0.2, 0) is 63.9 Å². The molecule has 9 amide bonds. The second-order valence-electron chi connectivity index (χ2n) is 25.6. The van der Waals surface area contributed by atoms with Crippen LogP contribution in [0, 0.1) is 29.6 Å². The maximum Gasteiger partial charge on any atom is 0.329 e. The highest BCUT2D eigenvalue weighted by molar-refractivity contribution is 5.99. The summed E-state index contributed by atoms with van der Waals surface area (Å²) in [5, 5.41) is 18.5. The molecule has 498 valence electrons. The number of nitrogens with one attached hydrogen (secondary N) is 3. The summed E-state index contributed by atoms with van der Waals surface area (Å²) in [4.78, 5) is 166. The van der Waals surface area contributed by atoms with E-state index in [1.807, 2.05) is 19.9 Å². The van der Waals surface area contributed by atoms with Gasteiger partial charge in [-0.2, -0.15) is 0 Å². The molecule has 0 spiro atoms. The lowest BCUT2D eigenvalue weighted by molar-refractivity contribution is -0.165. The fraction of sp³-hybridized carbons (Fsp3) is 0.682. The quantitative estimate of drug-likeness (QED) is 0.113. The molecule has 0 saturated carbocycles. The van der Waals surface area contributed by atoms with Crippen LogP contribution >= 0.6 is 0 Å². The first-order chi connectivity index (χ1) is 41.6. The van der Waals surface area contributed by atoms with Crippen LogP contribution in [0.3, 0.4) is 0 Å². The number of ether oxygens (including phenoxy) is 2. The average Bonchev–Trinajstić information content (AvgIpc) is 1.39. The smallest absolute Gasteiger partial charge is 0.329 e. The highest BCUT2D eigenvalue weighted by Crippen LogP contribution is 2.27. The number of benzene rings is 1. The van der Waals surface area contributed by atoms with Gasteiger partial charge in [-0.05, 0) is 113 Å². The summed E-state index contributed by atoms with van der Waals surface area (Å²) < 4.78 is 11.9. The molecular weight excluding hydrogens is 1140 g/mol. The van der Waals surface area contributed by atoms with E-state index in [4.69, 9.17) is 9.47 Å². The number of hydrogen-bond donors (Lipinski definition) is 4. The first kappa shape index (κ1) is 75.9. The largest absolute Gasteiger partial charge is 0.490 e. The molecule has 1 aromatic carbocycles. The molecule has 0 aromatic heterocycles. The highest BCUT2D eigenvalue weighted by Gasteiger charge is 2.46. The normalized spacial score (nSPS) is 25.4. The van der Waals surface area contributed by atoms with Gasteiger partial charge in [0.15, 0.2) is 6.10 Å². The van der Waals surface area contributed by atoms with E-state index in [0.29, 0.717) is 43.6 Å². The molecule has 3 rings (SSSR count). The number of nitrogens with zero attached hydrogens (tertiary/aromatic N) is 6. The van der Waals surface area contributed by atoms with Crippen LogP contribution < -0.4 is 20.7 Å². The van der Waals surface area contributed by atoms with Gasteiger partial charge in [-0.15, -0.1) is 0 Å². The predicted octanol–water partition coefficient (Wildman–Crippen LogP) is 5.38. The van der Waals surface area contributed by atoms with Gasteiger partial charge in [0.25, 0.3) is 5.91 Å². The Balaban J connectivity index is 2.24. The number of piperidine rings is 1. The van der Waals surface area contributed by atoms with Crippen molar-refractivity contribution in [3.05, 3.63) is 53.1 Å². The summed E-state index contributed by atoms with van der Waals surface area (Å²) in [6.07, 6.45) is 5.45. The Kier molecular flexibility index (Phi) is 30.0. The monoisotopic (exact) mass is 1250 g/mol. The Bertz CT molecular complexity index is 2710. The van der Waals surface area contributed by atoms with Crippen molar-refractivity contribution in [1.29, 1.82) is 0 Å². The lowest BCUT2D eigenvalue weighted by Gasteiger charge is -2.41. The van der Waals surface area contributed by atoms with E-state index in [-0.39, 0.29) is 19.4 Å². The topological polar surface area (TPSA) is 282 Å². The van der Waals surface area contributed by atoms with Crippen LogP contribution in [0.15, 0.2) is 47.6 Å². The standard InChI is InChI=1S/C66H105N9O14/c1-20-43(12)56-58(79)67-37-51(76)71(16)54(40(7)8)59(80)68-48(35-46-28-30-47(31-29-46)88-34-32-42(11)26-24-25-38(3)4)66(87)89-45(14)61(82)75-33-23-22-27-49(75)62(83)72(17)55(41(9)10)60(81)69-53(39(5)6)64(85)70(15)50(36-52(77)78)63(84)74(19)57(44(13)21-2)65(86)73(56)18/h25,28-32,39-41,43-45,48-50,53-57H,20-24,26-27,33-37H2,1-19H3,(H,67,79)(H,68,80)(H,69,81)(H,77,78)/b42-32+/t43-,44-,45+,48-,49-,50-,53-,54-,55-,56-,57-/m0/s1. The summed E-state index contributed by atoms with van der Waals surface area (Å²) in [6, 6.07) is -3.64. The predicted molar refractivity (Wildman–Crippen MR) is 338 cm³/mol. The zero-order chi connectivity index (χ0) is 67.5. The van der Waals surface area contributed by atoms with Gasteiger partial charge < -0.3 is 59.9 Å². The molecule has 0 radical (unpaired) electrons. The van der Waals surface area contributed by atoms with Crippen LogP contribution in [0.1, 0.15) is 154 Å². The number of likely N-dealkylation sites (N-methyl/N-ethyl adjacent to an activating group) is 5. The van der Waals surface area contributed by atoms with Gasteiger partial charge >= 0.3 is 11.9 Å². The molecule has 2 aliphatic rings. The Morgan fingerprint density at radius 2 is 1.20 bits per heavy atom. The zero-order valence-corrected chi connectivity index (χ0v) is 56.5. The van der Waals surface area contributed by atoms with Crippen LogP contribution in [0.25, 0.3) is 0 Å². The number of carbonyl (C=O) groups excluding carboxylic acids is 10. The minimum Gasteiger partial charge on any atom is -0.490 e. The summed E-state index contributed by atoms with van der Waals surface area (Å²) in [6.45, 7) is 24.5. The van der Waals surface area contributed by atoms with Crippen LogP contribution in [-0.4, -0.2) is 209 Å². The lowest BCUT2D eigenvalue weighted by Crippen LogP contribution is -2.63. The molecule has 2 fully saturated rings. The number of cyclic esters (lactones) is 1. The van der Waals surface area contributed by atoms with Gasteiger partial charge in [0.05, 0.1) is 13.0 Å². The SMILES string of the molecule is CC[C@H](C)[C@H]1C(=O)NCC(=O)N(C)[C@@H](C(C)C)C(=O)N[C@@H](Cc2ccc(OC/C=C(\C)CCC=C(C)C)cc2)C(=O)O[C@H](C)C(=O)N2CCCC[C@H]2C(=O)N(C)[C@@H](C(C)C)C(=O)N[C@@H](C(C)C)C(=O)N(C)[C@@H](CC(=O)O)C(=O)N(C)[C@@H]([C@@H](C)CC)C(=O)N1C. The summed E-state index contributed by atoms with van der Waals surface area (Å²) in [5.41, 5.74) is 3.00. The lowest BCUT2D eigenvalue weighted by atomic mass is 9.92. The Morgan fingerprint density at radius 3 is 1.75 bits per heavy atom. The fourth-order valence-electron chi connectivity index (χ4n) is 11.6. The Hall–Kier alpha value is -7.33. The first-order valence-corrected chi connectivity index (χ1v) is 31.6. The third-order valence-corrected chi connectivity index (χ3v) is 17.4. The van der Waals surface area contributed by atoms with Crippen molar-refractivity contribution in [2.24, 2.45) is 29.6 Å².